The number of carbonyl (C=O) groups is 3. The Bertz CT molecular complexity index is 2080. The number of nitrogens with zero attached hydrogens (tertiary/aromatic N) is 3. The van der Waals surface area contributed by atoms with Crippen LogP contribution in [0.1, 0.15) is 79.1 Å². The predicted molar refractivity (Wildman–Crippen MR) is 299 cm³/mol. The monoisotopic (exact) mass is 1130 g/mol. The van der Waals surface area contributed by atoms with Crippen LogP contribution in [0.15, 0.2) is 85.1 Å². The number of fused-ring (bicyclic) bond motifs is 2. The molecule has 80 heavy (non-hydrogen) atoms. The van der Waals surface area contributed by atoms with E-state index < -0.39 is 153 Å². The highest BCUT2D eigenvalue weighted by Crippen LogP contribution is 2.39. The fourth-order valence-electron chi connectivity index (χ4n) is 10.2. The summed E-state index contributed by atoms with van der Waals surface area (Å²) in [5.74, 6) is -5.99. The van der Waals surface area contributed by atoms with Gasteiger partial charge in [-0.05, 0) is 54.3 Å². The first-order valence-corrected chi connectivity index (χ1v) is 28.2. The number of nitrogens with one attached hydrogen (secondary N) is 2. The van der Waals surface area contributed by atoms with Crippen LogP contribution in [0.5, 0.6) is 0 Å². The first-order chi connectivity index (χ1) is 37.9. The Hall–Kier alpha value is -4.05. The lowest BCUT2D eigenvalue weighted by Gasteiger charge is -2.47. The first-order valence-electron chi connectivity index (χ1n) is 28.2. The minimum atomic E-state index is -2.30. The van der Waals surface area contributed by atoms with Crippen LogP contribution in [0.2, 0.25) is 0 Å². The molecule has 0 aromatic rings. The number of hydrogen-bond donors (Lipinski definition) is 12. The van der Waals surface area contributed by atoms with Gasteiger partial charge in [0.25, 0.3) is 0 Å². The van der Waals surface area contributed by atoms with Gasteiger partial charge in [0.2, 0.25) is 11.8 Å². The largest absolute Gasteiger partial charge is 0.462 e. The number of likely N-dealkylation sites (N-methyl/N-ethyl adjacent to an activating group) is 2. The molecule has 4 aliphatic heterocycles. The number of hydrogen-bond acceptors (Lipinski definition) is 20. The summed E-state index contributed by atoms with van der Waals surface area (Å²) in [5.41, 5.74) is 0. The maximum atomic E-state index is 14.7. The number of ether oxygens (including phenoxy) is 4. The maximum Gasteiger partial charge on any atom is 0.308 e. The molecule has 4 heterocycles. The van der Waals surface area contributed by atoms with Crippen molar-refractivity contribution in [3.8, 4) is 0 Å². The van der Waals surface area contributed by atoms with Crippen molar-refractivity contribution in [2.45, 2.75) is 177 Å². The van der Waals surface area contributed by atoms with Gasteiger partial charge in [-0.3, -0.25) is 19.3 Å². The minimum Gasteiger partial charge on any atom is -0.462 e. The summed E-state index contributed by atoms with van der Waals surface area (Å²) >= 11 is 0. The van der Waals surface area contributed by atoms with Crippen molar-refractivity contribution < 1.29 is 84.4 Å². The normalized spacial score (nSPS) is 40.6. The van der Waals surface area contributed by atoms with Gasteiger partial charge in [-0.25, -0.2) is 0 Å². The second kappa shape index (κ2) is 34.5. The SMILES string of the molecule is CNCC(=O)N[C@@H]1[C@H](O)[C@H](O[C@H]2/C=C/C=C\C=C/C=C\C=C/C=C\C=C/[C@H](C)[C@@H](O)[C@@H](C)[C@H](C)OC(=O)C[C@H](O)C[C@H](O)CC[C@@H](O)[C@H](O)C[C@H](O)C[C@]3(O)C[C@H](O)[C@@H](C(=O)N4CCN(CCN(C)C)CC4)[C@H](C2)O3)O[C@H](C)[C@H]1O. The summed E-state index contributed by atoms with van der Waals surface area (Å²) < 4.78 is 24.4. The lowest BCUT2D eigenvalue weighted by Crippen LogP contribution is -2.64. The molecule has 2 amide bonds. The Kier molecular flexibility index (Phi) is 29.5. The number of carbonyl (C=O) groups excluding carboxylic acids is 3. The Morgan fingerprint density at radius 3 is 1.90 bits per heavy atom. The number of piperazine rings is 1. The molecule has 4 aliphatic rings. The van der Waals surface area contributed by atoms with E-state index in [0.29, 0.717) is 26.2 Å². The van der Waals surface area contributed by atoms with Crippen molar-refractivity contribution >= 4 is 17.8 Å². The van der Waals surface area contributed by atoms with Crippen LogP contribution in [-0.4, -0.2) is 248 Å². The van der Waals surface area contributed by atoms with Crippen LogP contribution in [0.4, 0.5) is 0 Å². The zero-order chi connectivity index (χ0) is 59.1. The summed E-state index contributed by atoms with van der Waals surface area (Å²) in [6.45, 7) is 10.1. The second-order valence-electron chi connectivity index (χ2n) is 22.2. The molecule has 2 bridgehead atoms. The highest BCUT2D eigenvalue weighted by molar-refractivity contribution is 5.80. The standard InChI is InChI=1S/C58H95N5O17/c1-37-20-18-16-14-12-10-8-9-11-13-15-17-19-21-44(79-57-55(74)52(54(73)40(4)78-57)60-49(70)36-59-5)33-48-51(56(75)63-28-26-62(27-29-63)25-24-61(6)7)47(69)35-58(76,80-48)34-43(66)31-46(68)45(67)23-22-41(64)30-42(65)32-50(71)77-39(3)38(2)53(37)72/h8-21,37-48,51-55,57,59,64-69,72-74,76H,22-36H2,1-7H3,(H,60,70)/b9-8-,12-10-,13-11-,16-14-,17-15-,20-18-,21-19+/t37-,38-,39-,40+,41+,42+,43-,44-,45+,46+,47-,48-,51+,52-,53+,54+,55-,57-,58+/m0/s1. The molecule has 3 fully saturated rings. The van der Waals surface area contributed by atoms with Gasteiger partial charge in [0.15, 0.2) is 12.1 Å². The highest BCUT2D eigenvalue weighted by Gasteiger charge is 2.52. The summed E-state index contributed by atoms with van der Waals surface area (Å²) in [7, 11) is 5.53. The van der Waals surface area contributed by atoms with E-state index in [1.165, 1.54) is 0 Å². The summed E-state index contributed by atoms with van der Waals surface area (Å²) in [6.07, 6.45) is 4.06. The minimum absolute atomic E-state index is 0.103. The lowest BCUT2D eigenvalue weighted by atomic mass is 9.81. The third-order valence-corrected chi connectivity index (χ3v) is 15.2. The molecule has 0 aromatic heterocycles. The van der Waals surface area contributed by atoms with Crippen LogP contribution in [0, 0.1) is 17.8 Å². The van der Waals surface area contributed by atoms with Crippen LogP contribution in [-0.2, 0) is 33.3 Å². The Morgan fingerprint density at radius 1 is 0.700 bits per heavy atom. The van der Waals surface area contributed by atoms with Crippen molar-refractivity contribution in [3.05, 3.63) is 85.1 Å². The average Bonchev–Trinajstić information content (AvgIpc) is 3.45. The second-order valence-corrected chi connectivity index (χ2v) is 22.2. The lowest BCUT2D eigenvalue weighted by molar-refractivity contribution is -0.308. The van der Waals surface area contributed by atoms with Gasteiger partial charge in [-0.2, -0.15) is 0 Å². The van der Waals surface area contributed by atoms with Crippen molar-refractivity contribution in [2.24, 2.45) is 17.8 Å². The fraction of sp³-hybridized carbons (Fsp3) is 0.707. The number of cyclic esters (lactones) is 1. The molecule has 22 heteroatoms. The van der Waals surface area contributed by atoms with E-state index in [2.05, 4.69) is 20.4 Å². The molecule has 19 atom stereocenters. The quantitative estimate of drug-likeness (QED) is 0.132. The third kappa shape index (κ3) is 22.9. The molecule has 0 aromatic carbocycles. The Balaban J connectivity index is 1.67. The number of aliphatic hydroxyl groups is 10. The zero-order valence-electron chi connectivity index (χ0n) is 47.8. The Morgan fingerprint density at radius 2 is 1.30 bits per heavy atom. The molecular formula is C58H95N5O17. The molecule has 0 spiro atoms. The van der Waals surface area contributed by atoms with Crippen LogP contribution in [0.25, 0.3) is 0 Å². The van der Waals surface area contributed by atoms with Crippen molar-refractivity contribution in [2.75, 3.05) is 67.0 Å². The molecular weight excluding hydrogens is 1040 g/mol. The molecule has 0 saturated carbocycles. The van der Waals surface area contributed by atoms with E-state index in [-0.39, 0.29) is 38.1 Å². The smallest absolute Gasteiger partial charge is 0.308 e. The first kappa shape index (κ1) is 68.4. The van der Waals surface area contributed by atoms with Gasteiger partial charge < -0.3 is 90.4 Å². The van der Waals surface area contributed by atoms with E-state index in [4.69, 9.17) is 18.9 Å². The van der Waals surface area contributed by atoms with E-state index in [1.54, 1.807) is 75.3 Å². The van der Waals surface area contributed by atoms with Gasteiger partial charge in [0.05, 0.1) is 86.0 Å². The predicted octanol–water partition coefficient (Wildman–Crippen LogP) is -0.290. The van der Waals surface area contributed by atoms with Gasteiger partial charge >= 0.3 is 5.97 Å². The molecule has 3 saturated heterocycles. The number of aliphatic hydroxyl groups excluding tert-OH is 9. The van der Waals surface area contributed by atoms with Crippen molar-refractivity contribution in [3.63, 3.8) is 0 Å². The summed E-state index contributed by atoms with van der Waals surface area (Å²) in [5, 5.41) is 118. The van der Waals surface area contributed by atoms with Crippen LogP contribution in [0.3, 0.4) is 0 Å². The summed E-state index contributed by atoms with van der Waals surface area (Å²) in [6, 6.07) is -1.22. The third-order valence-electron chi connectivity index (χ3n) is 15.2. The van der Waals surface area contributed by atoms with E-state index in [0.717, 1.165) is 13.1 Å². The molecule has 22 nitrogen and oxygen atoms in total. The highest BCUT2D eigenvalue weighted by atomic mass is 16.7. The van der Waals surface area contributed by atoms with Crippen molar-refractivity contribution in [1.29, 1.82) is 0 Å². The molecule has 0 unspecified atom stereocenters. The summed E-state index contributed by atoms with van der Waals surface area (Å²) in [4.78, 5) is 46.1. The molecule has 4 rings (SSSR count). The molecule has 454 valence electrons. The molecule has 12 N–H and O–H groups in total. The topological polar surface area (TPSA) is 324 Å². The van der Waals surface area contributed by atoms with Gasteiger partial charge in [0.1, 0.15) is 18.3 Å². The van der Waals surface area contributed by atoms with Crippen LogP contribution >= 0.6 is 0 Å². The van der Waals surface area contributed by atoms with E-state index >= 15 is 0 Å². The van der Waals surface area contributed by atoms with Crippen LogP contribution < -0.4 is 10.6 Å². The van der Waals surface area contributed by atoms with Gasteiger partial charge in [-0.1, -0.05) is 98.9 Å². The zero-order valence-corrected chi connectivity index (χ0v) is 47.8. The van der Waals surface area contributed by atoms with Gasteiger partial charge in [0, 0.05) is 76.8 Å². The van der Waals surface area contributed by atoms with E-state index in [1.807, 2.05) is 63.6 Å². The van der Waals surface area contributed by atoms with Gasteiger partial charge in [-0.15, -0.1) is 0 Å². The molecule has 0 aliphatic carbocycles. The molecule has 0 radical (unpaired) electrons. The fourth-order valence-corrected chi connectivity index (χ4v) is 10.2. The maximum absolute atomic E-state index is 14.7. The number of amides is 2. The number of allylic oxidation sites excluding steroid dienone is 12. The number of esters is 1. The van der Waals surface area contributed by atoms with E-state index in [9.17, 15) is 65.4 Å². The average molecular weight is 1130 g/mol. The number of rotatable bonds is 9. The Labute approximate surface area is 472 Å². The van der Waals surface area contributed by atoms with Crippen molar-refractivity contribution in [1.82, 2.24) is 25.3 Å².